The van der Waals surface area contributed by atoms with Crippen LogP contribution in [0.5, 0.6) is 0 Å². The second-order valence-corrected chi connectivity index (χ2v) is 9.08. The summed E-state index contributed by atoms with van der Waals surface area (Å²) in [5, 5.41) is 11.5. The van der Waals surface area contributed by atoms with Gasteiger partial charge in [0.15, 0.2) is 11.6 Å². The summed E-state index contributed by atoms with van der Waals surface area (Å²) in [6.07, 6.45) is 5.51. The average molecular weight is 451 g/mol. The maximum absolute atomic E-state index is 12.8. The molecule has 4 rings (SSSR count). The Balaban J connectivity index is 1.91. The van der Waals surface area contributed by atoms with Crippen LogP contribution in [0.4, 0.5) is 0 Å². The van der Waals surface area contributed by atoms with E-state index in [1.165, 1.54) is 37.0 Å². The molecule has 0 atom stereocenters. The third-order valence-electron chi connectivity index (χ3n) is 5.24. The van der Waals surface area contributed by atoms with Gasteiger partial charge in [0.25, 0.3) is 0 Å². The molecule has 0 N–H and O–H groups in total. The number of rotatable bonds is 3. The van der Waals surface area contributed by atoms with Crippen molar-refractivity contribution in [1.29, 1.82) is 0 Å². The Bertz CT molecular complexity index is 1030. The second kappa shape index (κ2) is 8.13. The predicted octanol–water partition coefficient (Wildman–Crippen LogP) is 5.18. The van der Waals surface area contributed by atoms with Gasteiger partial charge in [0, 0.05) is 18.4 Å². The summed E-state index contributed by atoms with van der Waals surface area (Å²) in [6, 6.07) is 5.10. The van der Waals surface area contributed by atoms with Gasteiger partial charge in [-0.15, -0.1) is 10.2 Å². The minimum absolute atomic E-state index is 0.157. The van der Waals surface area contributed by atoms with E-state index >= 15 is 0 Å². The maximum atomic E-state index is 12.8. The second-order valence-electron chi connectivity index (χ2n) is 7.28. The highest BCUT2D eigenvalue weighted by atomic mass is 35.5. The molecule has 0 bridgehead atoms. The summed E-state index contributed by atoms with van der Waals surface area (Å²) in [5.41, 5.74) is 1.12. The molecule has 1 saturated carbocycles. The number of carbonyl (C=O) groups is 2. The van der Waals surface area contributed by atoms with Crippen LogP contribution in [0.3, 0.4) is 0 Å². The van der Waals surface area contributed by atoms with Crippen LogP contribution in [0.2, 0.25) is 10.0 Å². The Kier molecular flexibility index (Phi) is 5.73. The molecule has 152 valence electrons. The van der Waals surface area contributed by atoms with E-state index in [4.69, 9.17) is 23.2 Å². The molecule has 1 fully saturated rings. The summed E-state index contributed by atoms with van der Waals surface area (Å²) in [5.74, 6) is 0.614. The third-order valence-corrected chi connectivity index (χ3v) is 7.10. The highest BCUT2D eigenvalue weighted by Crippen LogP contribution is 2.43. The van der Waals surface area contributed by atoms with E-state index in [0.717, 1.165) is 31.5 Å². The Hall–Kier alpha value is -1.83. The van der Waals surface area contributed by atoms with Gasteiger partial charge >= 0.3 is 0 Å². The Morgan fingerprint density at radius 2 is 1.79 bits per heavy atom. The lowest BCUT2D eigenvalue weighted by molar-refractivity contribution is -0.117. The number of halogens is 2. The first-order valence-electron chi connectivity index (χ1n) is 9.53. The van der Waals surface area contributed by atoms with Crippen molar-refractivity contribution >= 4 is 52.4 Å². The fraction of sp³-hybridized carbons (Fsp3) is 0.400. The number of hydrogen-bond donors (Lipinski definition) is 0. The molecule has 2 heterocycles. The van der Waals surface area contributed by atoms with Crippen molar-refractivity contribution in [3.05, 3.63) is 44.5 Å². The largest absolute Gasteiger partial charge is 0.294 e. The SMILES string of the molecule is CC(=O)C1=C(c2ccc(Cl)c(Cl)c2)N(C(C)=O)n2c(nnc2C2CCCCC2)S1. The summed E-state index contributed by atoms with van der Waals surface area (Å²) in [4.78, 5) is 25.7. The number of thioether (sulfide) groups is 1. The summed E-state index contributed by atoms with van der Waals surface area (Å²) >= 11 is 13.6. The average Bonchev–Trinajstić information content (AvgIpc) is 3.12. The fourth-order valence-corrected chi connectivity index (χ4v) is 5.18. The van der Waals surface area contributed by atoms with Crippen LogP contribution in [0.1, 0.15) is 63.3 Å². The number of hydrogen-bond acceptors (Lipinski definition) is 5. The Labute approximate surface area is 183 Å². The first-order valence-corrected chi connectivity index (χ1v) is 11.1. The van der Waals surface area contributed by atoms with E-state index in [2.05, 4.69) is 10.2 Å². The van der Waals surface area contributed by atoms with Crippen molar-refractivity contribution in [2.75, 3.05) is 5.01 Å². The van der Waals surface area contributed by atoms with Crippen molar-refractivity contribution in [2.45, 2.75) is 57.0 Å². The van der Waals surface area contributed by atoms with Gasteiger partial charge in [-0.3, -0.25) is 9.59 Å². The molecule has 0 saturated heterocycles. The molecule has 1 aromatic heterocycles. The van der Waals surface area contributed by atoms with E-state index in [9.17, 15) is 9.59 Å². The summed E-state index contributed by atoms with van der Waals surface area (Å²) in [7, 11) is 0. The first kappa shape index (κ1) is 20.4. The standard InChI is InChI=1S/C20H20Cl2N4O2S/c1-11(27)18-17(14-8-9-15(21)16(22)10-14)25(12(2)28)26-19(23-24-20(26)29-18)13-6-4-3-5-7-13/h8-10,13H,3-7H2,1-2H3. The smallest absolute Gasteiger partial charge is 0.243 e. The molecule has 1 aromatic carbocycles. The van der Waals surface area contributed by atoms with Gasteiger partial charge < -0.3 is 0 Å². The molecule has 0 spiro atoms. The zero-order valence-electron chi connectivity index (χ0n) is 16.1. The van der Waals surface area contributed by atoms with E-state index in [-0.39, 0.29) is 17.6 Å². The molecule has 1 aliphatic carbocycles. The molecule has 1 amide bonds. The number of allylic oxidation sites excluding steroid dienone is 1. The quantitative estimate of drug-likeness (QED) is 0.643. The minimum atomic E-state index is -0.233. The number of Topliss-reactive ketones (excluding diaryl/α,β-unsaturated/α-hetero) is 1. The van der Waals surface area contributed by atoms with E-state index in [1.807, 2.05) is 0 Å². The molecule has 29 heavy (non-hydrogen) atoms. The molecule has 0 unspecified atom stereocenters. The number of amides is 1. The summed E-state index contributed by atoms with van der Waals surface area (Å²) < 4.78 is 1.77. The molecule has 0 radical (unpaired) electrons. The number of nitrogens with zero attached hydrogens (tertiary/aromatic N) is 4. The lowest BCUT2D eigenvalue weighted by Crippen LogP contribution is -2.42. The number of benzene rings is 1. The van der Waals surface area contributed by atoms with Crippen molar-refractivity contribution in [3.8, 4) is 0 Å². The monoisotopic (exact) mass is 450 g/mol. The van der Waals surface area contributed by atoms with Crippen LogP contribution >= 0.6 is 35.0 Å². The van der Waals surface area contributed by atoms with Gasteiger partial charge in [-0.05, 0) is 43.7 Å². The van der Waals surface area contributed by atoms with Gasteiger partial charge in [-0.2, -0.15) is 0 Å². The molecule has 1 aliphatic heterocycles. The first-order chi connectivity index (χ1) is 13.9. The van der Waals surface area contributed by atoms with E-state index < -0.39 is 0 Å². The highest BCUT2D eigenvalue weighted by molar-refractivity contribution is 8.04. The Morgan fingerprint density at radius 3 is 2.41 bits per heavy atom. The number of carbonyl (C=O) groups excluding carboxylic acids is 2. The van der Waals surface area contributed by atoms with Crippen LogP contribution in [-0.2, 0) is 9.59 Å². The Morgan fingerprint density at radius 1 is 1.07 bits per heavy atom. The topological polar surface area (TPSA) is 68.1 Å². The van der Waals surface area contributed by atoms with Gasteiger partial charge in [0.2, 0.25) is 11.1 Å². The van der Waals surface area contributed by atoms with E-state index in [0.29, 0.717) is 31.4 Å². The van der Waals surface area contributed by atoms with Crippen molar-refractivity contribution in [2.24, 2.45) is 0 Å². The van der Waals surface area contributed by atoms with Gasteiger partial charge in [-0.1, -0.05) is 48.5 Å². The van der Waals surface area contributed by atoms with Crippen molar-refractivity contribution in [3.63, 3.8) is 0 Å². The zero-order chi connectivity index (χ0) is 20.7. The number of fused-ring (bicyclic) bond motifs is 1. The molecule has 6 nitrogen and oxygen atoms in total. The third kappa shape index (κ3) is 3.71. The van der Waals surface area contributed by atoms with Crippen molar-refractivity contribution in [1.82, 2.24) is 14.9 Å². The molecule has 2 aliphatic rings. The lowest BCUT2D eigenvalue weighted by atomic mass is 9.89. The molecular weight excluding hydrogens is 431 g/mol. The number of ketones is 1. The normalized spacial score (nSPS) is 17.4. The molecule has 2 aromatic rings. The highest BCUT2D eigenvalue weighted by Gasteiger charge is 2.37. The minimum Gasteiger partial charge on any atom is -0.294 e. The lowest BCUT2D eigenvalue weighted by Gasteiger charge is -2.34. The van der Waals surface area contributed by atoms with Gasteiger partial charge in [-0.25, -0.2) is 9.69 Å². The van der Waals surface area contributed by atoms with Gasteiger partial charge in [0.05, 0.1) is 20.6 Å². The van der Waals surface area contributed by atoms with Crippen LogP contribution < -0.4 is 5.01 Å². The van der Waals surface area contributed by atoms with Crippen LogP contribution in [0.25, 0.3) is 5.70 Å². The van der Waals surface area contributed by atoms with Crippen molar-refractivity contribution < 1.29 is 9.59 Å². The predicted molar refractivity (Wildman–Crippen MR) is 115 cm³/mol. The number of aromatic nitrogens is 3. The fourth-order valence-electron chi connectivity index (χ4n) is 3.91. The molecular formula is C20H20Cl2N4O2S. The summed E-state index contributed by atoms with van der Waals surface area (Å²) in [6.45, 7) is 2.95. The zero-order valence-corrected chi connectivity index (χ0v) is 18.4. The van der Waals surface area contributed by atoms with Crippen LogP contribution in [-0.4, -0.2) is 26.6 Å². The van der Waals surface area contributed by atoms with Crippen LogP contribution in [0.15, 0.2) is 28.3 Å². The van der Waals surface area contributed by atoms with Crippen LogP contribution in [0, 0.1) is 0 Å². The molecule has 9 heteroatoms. The van der Waals surface area contributed by atoms with E-state index in [1.54, 1.807) is 22.9 Å². The van der Waals surface area contributed by atoms with Gasteiger partial charge in [0.1, 0.15) is 0 Å². The maximum Gasteiger partial charge on any atom is 0.243 e.